The predicted molar refractivity (Wildman–Crippen MR) is 50.9 cm³/mol. The van der Waals surface area contributed by atoms with Crippen LogP contribution in [-0.2, 0) is 4.79 Å². The lowest BCUT2D eigenvalue weighted by molar-refractivity contribution is -0.136. The van der Waals surface area contributed by atoms with E-state index in [-0.39, 0.29) is 11.4 Å². The Hall–Kier alpha value is -0.570. The summed E-state index contributed by atoms with van der Waals surface area (Å²) in [4.78, 5) is 13.7. The van der Waals surface area contributed by atoms with E-state index in [1.807, 2.05) is 7.05 Å². The van der Waals surface area contributed by atoms with Crippen molar-refractivity contribution < 1.29 is 4.79 Å². The Morgan fingerprint density at radius 1 is 1.69 bits per heavy atom. The maximum absolute atomic E-state index is 11.5. The van der Waals surface area contributed by atoms with Gasteiger partial charge in [-0.3, -0.25) is 9.69 Å². The molecule has 0 aliphatic carbocycles. The van der Waals surface area contributed by atoms with E-state index in [0.717, 1.165) is 25.7 Å². The van der Waals surface area contributed by atoms with Gasteiger partial charge in [-0.15, -0.1) is 0 Å². The van der Waals surface area contributed by atoms with Crippen LogP contribution in [0.25, 0.3) is 0 Å². The van der Waals surface area contributed by atoms with E-state index in [1.165, 1.54) is 6.42 Å². The highest BCUT2D eigenvalue weighted by atomic mass is 16.1. The third-order valence-corrected chi connectivity index (χ3v) is 3.73. The number of fused-ring (bicyclic) bond motifs is 2. The summed E-state index contributed by atoms with van der Waals surface area (Å²) in [7, 11) is 2.04. The highest BCUT2D eigenvalue weighted by Gasteiger charge is 2.47. The number of carbonyl (C=O) groups excluding carboxylic acids is 1. The summed E-state index contributed by atoms with van der Waals surface area (Å²) in [6, 6.07) is 0.551. The molecule has 0 unspecified atom stereocenters. The zero-order chi connectivity index (χ0) is 9.47. The summed E-state index contributed by atoms with van der Waals surface area (Å²) in [5, 5.41) is 0. The minimum Gasteiger partial charge on any atom is -0.368 e. The van der Waals surface area contributed by atoms with Gasteiger partial charge < -0.3 is 5.73 Å². The molecule has 2 rings (SSSR count). The van der Waals surface area contributed by atoms with Crippen LogP contribution in [-0.4, -0.2) is 29.4 Å². The number of carbonyl (C=O) groups is 1. The molecule has 0 saturated carbocycles. The van der Waals surface area contributed by atoms with E-state index in [4.69, 9.17) is 5.73 Å². The van der Waals surface area contributed by atoms with Gasteiger partial charge in [0.2, 0.25) is 5.91 Å². The Kier molecular flexibility index (Phi) is 2.06. The number of primary amides is 1. The largest absolute Gasteiger partial charge is 0.368 e. The number of amides is 1. The van der Waals surface area contributed by atoms with E-state index in [1.54, 1.807) is 0 Å². The number of rotatable bonds is 1. The number of piperidine rings is 2. The van der Waals surface area contributed by atoms with Crippen LogP contribution in [0.1, 0.15) is 32.1 Å². The van der Waals surface area contributed by atoms with E-state index >= 15 is 0 Å². The van der Waals surface area contributed by atoms with Crippen molar-refractivity contribution in [2.24, 2.45) is 5.73 Å². The molecule has 2 saturated heterocycles. The lowest BCUT2D eigenvalue weighted by Crippen LogP contribution is -2.63. The van der Waals surface area contributed by atoms with Crippen molar-refractivity contribution in [2.75, 3.05) is 7.05 Å². The molecule has 0 spiro atoms. The molecule has 2 heterocycles. The Balaban J connectivity index is 2.28. The SMILES string of the molecule is CN1[C@H]2C[CH]C[C@]1(C(N)=O)CCC2. The summed E-state index contributed by atoms with van der Waals surface area (Å²) in [6.07, 6.45) is 7.48. The summed E-state index contributed by atoms with van der Waals surface area (Å²) >= 11 is 0. The van der Waals surface area contributed by atoms with E-state index < -0.39 is 0 Å². The second-order valence-corrected chi connectivity index (χ2v) is 4.28. The third kappa shape index (κ3) is 1.17. The highest BCUT2D eigenvalue weighted by molar-refractivity contribution is 5.85. The van der Waals surface area contributed by atoms with Gasteiger partial charge >= 0.3 is 0 Å². The Labute approximate surface area is 79.3 Å². The lowest BCUT2D eigenvalue weighted by Gasteiger charge is -2.51. The van der Waals surface area contributed by atoms with Gasteiger partial charge in [-0.1, -0.05) is 0 Å². The van der Waals surface area contributed by atoms with Gasteiger partial charge in [-0.2, -0.15) is 0 Å². The summed E-state index contributed by atoms with van der Waals surface area (Å²) < 4.78 is 0. The number of hydrogen-bond donors (Lipinski definition) is 1. The second-order valence-electron chi connectivity index (χ2n) is 4.28. The number of nitrogens with zero attached hydrogens (tertiary/aromatic N) is 1. The van der Waals surface area contributed by atoms with Gasteiger partial charge in [-0.05, 0) is 45.6 Å². The van der Waals surface area contributed by atoms with Crippen molar-refractivity contribution in [3.63, 3.8) is 0 Å². The molecule has 73 valence electrons. The lowest BCUT2D eigenvalue weighted by atomic mass is 9.74. The van der Waals surface area contributed by atoms with Crippen LogP contribution >= 0.6 is 0 Å². The molecule has 2 aliphatic heterocycles. The molecule has 2 N–H and O–H groups in total. The molecule has 2 aliphatic rings. The summed E-state index contributed by atoms with van der Waals surface area (Å²) in [5.74, 6) is -0.143. The first-order valence-electron chi connectivity index (χ1n) is 5.01. The van der Waals surface area contributed by atoms with Crippen LogP contribution in [0.5, 0.6) is 0 Å². The van der Waals surface area contributed by atoms with E-state index in [9.17, 15) is 4.79 Å². The van der Waals surface area contributed by atoms with Crippen molar-refractivity contribution in [1.82, 2.24) is 4.90 Å². The van der Waals surface area contributed by atoms with E-state index in [2.05, 4.69) is 11.3 Å². The predicted octanol–water partition coefficient (Wildman–Crippen LogP) is 0.693. The van der Waals surface area contributed by atoms with Crippen molar-refractivity contribution >= 4 is 5.91 Å². The van der Waals surface area contributed by atoms with Crippen LogP contribution in [0.3, 0.4) is 0 Å². The number of hydrogen-bond acceptors (Lipinski definition) is 2. The number of likely N-dealkylation sites (N-methyl/N-ethyl adjacent to an activating group) is 1. The van der Waals surface area contributed by atoms with Crippen LogP contribution in [0.4, 0.5) is 0 Å². The topological polar surface area (TPSA) is 46.3 Å². The smallest absolute Gasteiger partial charge is 0.237 e. The number of nitrogens with two attached hydrogens (primary N) is 1. The van der Waals surface area contributed by atoms with Gasteiger partial charge in [0.05, 0.1) is 0 Å². The van der Waals surface area contributed by atoms with Crippen LogP contribution in [0.2, 0.25) is 0 Å². The molecule has 0 aromatic rings. The first-order chi connectivity index (χ1) is 6.17. The minimum atomic E-state index is -0.346. The fraction of sp³-hybridized carbons (Fsp3) is 0.800. The molecule has 3 nitrogen and oxygen atoms in total. The molecule has 0 aromatic heterocycles. The minimum absolute atomic E-state index is 0.143. The van der Waals surface area contributed by atoms with Crippen molar-refractivity contribution in [3.8, 4) is 0 Å². The van der Waals surface area contributed by atoms with Crippen LogP contribution in [0, 0.1) is 6.42 Å². The first-order valence-corrected chi connectivity index (χ1v) is 5.01. The Morgan fingerprint density at radius 3 is 3.08 bits per heavy atom. The molecule has 13 heavy (non-hydrogen) atoms. The Morgan fingerprint density at radius 2 is 2.46 bits per heavy atom. The molecule has 1 amide bonds. The molecule has 2 fully saturated rings. The van der Waals surface area contributed by atoms with Crippen molar-refractivity contribution in [3.05, 3.63) is 6.42 Å². The molecular weight excluding hydrogens is 164 g/mol. The van der Waals surface area contributed by atoms with Gasteiger partial charge in [0.1, 0.15) is 5.54 Å². The monoisotopic (exact) mass is 181 g/mol. The second kappa shape index (κ2) is 2.98. The maximum atomic E-state index is 11.5. The van der Waals surface area contributed by atoms with Crippen molar-refractivity contribution in [1.29, 1.82) is 0 Å². The Bertz CT molecular complexity index is 217. The van der Waals surface area contributed by atoms with Gasteiger partial charge in [-0.25, -0.2) is 0 Å². The standard InChI is InChI=1S/C10H17N2O/c1-12-8-4-2-6-10(12,9(11)13)7-3-5-8/h2,8H,3-7H2,1H3,(H2,11,13)/t8-,10+/m0/s1. The third-order valence-electron chi connectivity index (χ3n) is 3.73. The maximum Gasteiger partial charge on any atom is 0.237 e. The molecular formula is C10H17N2O. The highest BCUT2D eigenvalue weighted by Crippen LogP contribution is 2.40. The molecule has 3 heteroatoms. The van der Waals surface area contributed by atoms with Gasteiger partial charge in [0.15, 0.2) is 0 Å². The van der Waals surface area contributed by atoms with Gasteiger partial charge in [0.25, 0.3) is 0 Å². The molecule has 1 radical (unpaired) electrons. The zero-order valence-corrected chi connectivity index (χ0v) is 8.12. The van der Waals surface area contributed by atoms with Gasteiger partial charge in [0, 0.05) is 6.04 Å². The molecule has 2 bridgehead atoms. The quantitative estimate of drug-likeness (QED) is 0.647. The molecule has 0 aromatic carbocycles. The van der Waals surface area contributed by atoms with Crippen LogP contribution < -0.4 is 5.73 Å². The zero-order valence-electron chi connectivity index (χ0n) is 8.12. The normalized spacial score (nSPS) is 40.2. The van der Waals surface area contributed by atoms with Crippen molar-refractivity contribution in [2.45, 2.75) is 43.7 Å². The van der Waals surface area contributed by atoms with E-state index in [0.29, 0.717) is 6.04 Å². The van der Waals surface area contributed by atoms with Crippen LogP contribution in [0.15, 0.2) is 0 Å². The molecule has 2 atom stereocenters. The summed E-state index contributed by atoms with van der Waals surface area (Å²) in [6.45, 7) is 0. The fourth-order valence-corrected chi connectivity index (χ4v) is 2.78. The first kappa shape index (κ1) is 9.00. The average molecular weight is 181 g/mol. The fourth-order valence-electron chi connectivity index (χ4n) is 2.78. The summed E-state index contributed by atoms with van der Waals surface area (Å²) in [5.41, 5.74) is 5.15. The average Bonchev–Trinajstić information content (AvgIpc) is 2.03.